The Bertz CT molecular complexity index is 1030. The number of aliphatic hydroxyl groups excluding tert-OH is 4. The molecule has 0 saturated carbocycles. The number of hydrogen-bond acceptors (Lipinski definition) is 6. The van der Waals surface area contributed by atoms with Crippen LogP contribution in [0.1, 0.15) is 48.1 Å². The minimum Gasteiger partial charge on any atom is -0.497 e. The summed E-state index contributed by atoms with van der Waals surface area (Å²) in [6, 6.07) is 18.6. The first kappa shape index (κ1) is 23.7. The second kappa shape index (κ2) is 9.79. The van der Waals surface area contributed by atoms with Crippen LogP contribution in [0.15, 0.2) is 54.6 Å². The molecule has 1 aromatic carbocycles. The third-order valence-corrected chi connectivity index (χ3v) is 6.45. The number of rotatable bonds is 6. The van der Waals surface area contributed by atoms with E-state index in [1.54, 1.807) is 13.2 Å². The van der Waals surface area contributed by atoms with Crippen molar-refractivity contribution in [1.82, 2.24) is 0 Å². The van der Waals surface area contributed by atoms with Crippen LogP contribution in [0.5, 0.6) is 5.75 Å². The van der Waals surface area contributed by atoms with Crippen molar-refractivity contribution in [3.8, 4) is 16.9 Å². The highest BCUT2D eigenvalue weighted by molar-refractivity contribution is 5.69. The standard InChI is InChI=1S/C27H32O6/c1-15(2)18-4-6-19-9-16(10-20(19)7-5-18)8-17-11-21(13-22(12-17)32-3)27-26(31)25(30)24(29)23(14-28)33-27/h4-7,9-13,15,23-31H,8,14H2,1-3H3/t23-,24-,25+,26-,27+/m1/s1. The highest BCUT2D eigenvalue weighted by Crippen LogP contribution is 2.35. The lowest BCUT2D eigenvalue weighted by molar-refractivity contribution is -0.231. The fraction of sp³-hybridized carbons (Fsp3) is 0.407. The molecule has 176 valence electrons. The molecular formula is C27H32O6. The summed E-state index contributed by atoms with van der Waals surface area (Å²) in [5, 5.41) is 40.3. The van der Waals surface area contributed by atoms with E-state index in [1.807, 2.05) is 12.1 Å². The SMILES string of the molecule is COc1cc(Cc2cc3ccc(C(C)C)ccc-3c2)cc([C@@H]2O[C@H](CO)[C@@H](O)[C@H](O)[C@H]2O)c1. The summed E-state index contributed by atoms with van der Waals surface area (Å²) in [4.78, 5) is 0. The highest BCUT2D eigenvalue weighted by Gasteiger charge is 2.44. The lowest BCUT2D eigenvalue weighted by Gasteiger charge is -2.40. The summed E-state index contributed by atoms with van der Waals surface area (Å²) < 4.78 is 11.2. The molecule has 3 aliphatic rings. The van der Waals surface area contributed by atoms with E-state index in [4.69, 9.17) is 9.47 Å². The predicted octanol–water partition coefficient (Wildman–Crippen LogP) is 3.03. The number of hydrogen-bond donors (Lipinski definition) is 4. The molecule has 5 atom stereocenters. The number of methoxy groups -OCH3 is 1. The summed E-state index contributed by atoms with van der Waals surface area (Å²) in [6.07, 6.45) is -5.36. The molecule has 2 aliphatic carbocycles. The van der Waals surface area contributed by atoms with Crippen molar-refractivity contribution in [2.45, 2.75) is 56.7 Å². The van der Waals surface area contributed by atoms with Gasteiger partial charge in [-0.3, -0.25) is 0 Å². The van der Waals surface area contributed by atoms with E-state index in [0.29, 0.717) is 23.7 Å². The summed E-state index contributed by atoms with van der Waals surface area (Å²) in [7, 11) is 1.57. The van der Waals surface area contributed by atoms with Crippen LogP contribution >= 0.6 is 0 Å². The van der Waals surface area contributed by atoms with Gasteiger partial charge in [0.25, 0.3) is 0 Å². The molecule has 0 amide bonds. The number of benzene rings is 1. The van der Waals surface area contributed by atoms with Crippen molar-refractivity contribution in [3.63, 3.8) is 0 Å². The second-order valence-electron chi connectivity index (χ2n) is 9.14. The minimum absolute atomic E-state index is 0.464. The van der Waals surface area contributed by atoms with Crippen molar-refractivity contribution < 1.29 is 29.9 Å². The van der Waals surface area contributed by atoms with Gasteiger partial charge in [0.2, 0.25) is 0 Å². The molecular weight excluding hydrogens is 420 g/mol. The Labute approximate surface area is 194 Å². The maximum absolute atomic E-state index is 10.5. The van der Waals surface area contributed by atoms with Gasteiger partial charge >= 0.3 is 0 Å². The molecule has 1 heterocycles. The molecule has 1 aromatic rings. The van der Waals surface area contributed by atoms with Gasteiger partial charge in [-0.25, -0.2) is 0 Å². The third kappa shape index (κ3) is 4.90. The molecule has 6 nitrogen and oxygen atoms in total. The van der Waals surface area contributed by atoms with Crippen LogP contribution < -0.4 is 4.74 Å². The number of aliphatic hydroxyl groups is 4. The monoisotopic (exact) mass is 452 g/mol. The molecule has 4 rings (SSSR count). The van der Waals surface area contributed by atoms with Gasteiger partial charge in [-0.15, -0.1) is 0 Å². The molecule has 0 radical (unpaired) electrons. The Kier molecular flexibility index (Phi) is 7.02. The Morgan fingerprint density at radius 2 is 1.48 bits per heavy atom. The van der Waals surface area contributed by atoms with E-state index in [9.17, 15) is 20.4 Å². The van der Waals surface area contributed by atoms with Gasteiger partial charge in [0.15, 0.2) is 0 Å². The van der Waals surface area contributed by atoms with Crippen molar-refractivity contribution in [3.05, 3.63) is 76.9 Å². The van der Waals surface area contributed by atoms with Crippen molar-refractivity contribution in [2.75, 3.05) is 13.7 Å². The van der Waals surface area contributed by atoms with E-state index in [0.717, 1.165) is 11.1 Å². The molecule has 0 aromatic heterocycles. The first-order chi connectivity index (χ1) is 15.8. The van der Waals surface area contributed by atoms with E-state index in [2.05, 4.69) is 50.2 Å². The van der Waals surface area contributed by atoms with Crippen LogP contribution in [0, 0.1) is 0 Å². The number of fused-ring (bicyclic) bond motifs is 1. The van der Waals surface area contributed by atoms with Gasteiger partial charge in [-0.2, -0.15) is 0 Å². The van der Waals surface area contributed by atoms with Crippen molar-refractivity contribution in [2.24, 2.45) is 0 Å². The molecule has 6 heteroatoms. The zero-order valence-corrected chi connectivity index (χ0v) is 19.2. The van der Waals surface area contributed by atoms with Gasteiger partial charge in [0.05, 0.1) is 13.7 Å². The maximum Gasteiger partial charge on any atom is 0.119 e. The van der Waals surface area contributed by atoms with Crippen molar-refractivity contribution in [1.29, 1.82) is 0 Å². The molecule has 33 heavy (non-hydrogen) atoms. The van der Waals surface area contributed by atoms with Crippen LogP contribution in [0.2, 0.25) is 0 Å². The zero-order valence-electron chi connectivity index (χ0n) is 19.2. The molecule has 0 bridgehead atoms. The third-order valence-electron chi connectivity index (χ3n) is 6.45. The fourth-order valence-electron chi connectivity index (χ4n) is 4.49. The van der Waals surface area contributed by atoms with Gasteiger partial charge in [0.1, 0.15) is 36.3 Å². The summed E-state index contributed by atoms with van der Waals surface area (Å²) in [5.41, 5.74) is 6.37. The molecule has 1 fully saturated rings. The largest absolute Gasteiger partial charge is 0.497 e. The zero-order chi connectivity index (χ0) is 23.7. The summed E-state index contributed by atoms with van der Waals surface area (Å²) in [5.74, 6) is 1.07. The van der Waals surface area contributed by atoms with E-state index in [1.165, 1.54) is 16.7 Å². The molecule has 0 unspecified atom stereocenters. The van der Waals surface area contributed by atoms with E-state index >= 15 is 0 Å². The maximum atomic E-state index is 10.5. The van der Waals surface area contributed by atoms with Crippen LogP contribution in [0.4, 0.5) is 0 Å². The van der Waals surface area contributed by atoms with Gasteiger partial charge in [-0.1, -0.05) is 56.3 Å². The first-order valence-electron chi connectivity index (χ1n) is 11.3. The fourth-order valence-corrected chi connectivity index (χ4v) is 4.49. The van der Waals surface area contributed by atoms with Gasteiger partial charge in [0, 0.05) is 0 Å². The number of ether oxygens (including phenoxy) is 2. The molecule has 1 saturated heterocycles. The van der Waals surface area contributed by atoms with Crippen LogP contribution in [-0.2, 0) is 11.2 Å². The molecule has 4 N–H and O–H groups in total. The average Bonchev–Trinajstić information content (AvgIpc) is 3.07. The summed E-state index contributed by atoms with van der Waals surface area (Å²) in [6.45, 7) is 3.90. The molecule has 0 spiro atoms. The van der Waals surface area contributed by atoms with E-state index < -0.39 is 37.1 Å². The normalized spacial score (nSPS) is 25.5. The quantitative estimate of drug-likeness (QED) is 0.459. The highest BCUT2D eigenvalue weighted by atomic mass is 16.5. The first-order valence-corrected chi connectivity index (χ1v) is 11.3. The van der Waals surface area contributed by atoms with Gasteiger partial charge < -0.3 is 29.9 Å². The van der Waals surface area contributed by atoms with Gasteiger partial charge in [-0.05, 0) is 57.9 Å². The Morgan fingerprint density at radius 3 is 2.06 bits per heavy atom. The Morgan fingerprint density at radius 1 is 0.848 bits per heavy atom. The van der Waals surface area contributed by atoms with Crippen LogP contribution in [0.25, 0.3) is 11.1 Å². The Hall–Kier alpha value is -2.48. The smallest absolute Gasteiger partial charge is 0.119 e. The van der Waals surface area contributed by atoms with E-state index in [-0.39, 0.29) is 0 Å². The topological polar surface area (TPSA) is 99.4 Å². The van der Waals surface area contributed by atoms with Crippen LogP contribution in [-0.4, -0.2) is 58.6 Å². The average molecular weight is 453 g/mol. The minimum atomic E-state index is -1.42. The summed E-state index contributed by atoms with van der Waals surface area (Å²) >= 11 is 0. The Balaban J connectivity index is 1.64. The predicted molar refractivity (Wildman–Crippen MR) is 126 cm³/mol. The lowest BCUT2D eigenvalue weighted by Crippen LogP contribution is -2.55. The van der Waals surface area contributed by atoms with Crippen molar-refractivity contribution >= 4 is 0 Å². The lowest BCUT2D eigenvalue weighted by atomic mass is 9.90. The van der Waals surface area contributed by atoms with Crippen LogP contribution in [0.3, 0.4) is 0 Å². The molecule has 1 aliphatic heterocycles. The second-order valence-corrected chi connectivity index (χ2v) is 9.14.